The molecule has 4 nitrogen and oxygen atoms in total. The van der Waals surface area contributed by atoms with Crippen LogP contribution in [0.1, 0.15) is 30.1 Å². The Morgan fingerprint density at radius 1 is 1.53 bits per heavy atom. The zero-order valence-corrected chi connectivity index (χ0v) is 11.7. The summed E-state index contributed by atoms with van der Waals surface area (Å²) in [5.41, 5.74) is 7.30. The van der Waals surface area contributed by atoms with Gasteiger partial charge in [0.05, 0.1) is 10.2 Å². The van der Waals surface area contributed by atoms with Crippen LogP contribution < -0.4 is 5.73 Å². The minimum Gasteiger partial charge on any atom is -0.375 e. The topological polar surface area (TPSA) is 59.2 Å². The molecule has 1 aromatic heterocycles. The van der Waals surface area contributed by atoms with E-state index in [1.165, 1.54) is 17.8 Å². The van der Waals surface area contributed by atoms with Crippen molar-refractivity contribution in [3.05, 3.63) is 23.8 Å². The average molecular weight is 275 g/mol. The molecule has 2 heterocycles. The number of thiazole rings is 1. The van der Waals surface area contributed by atoms with Crippen LogP contribution in [0.4, 0.5) is 5.13 Å². The second kappa shape index (κ2) is 4.81. The van der Waals surface area contributed by atoms with Crippen molar-refractivity contribution in [2.45, 2.75) is 19.8 Å². The monoisotopic (exact) mass is 275 g/mol. The van der Waals surface area contributed by atoms with Crippen LogP contribution in [0.3, 0.4) is 0 Å². The molecule has 3 rings (SSSR count). The van der Waals surface area contributed by atoms with Crippen molar-refractivity contribution in [3.8, 4) is 0 Å². The van der Waals surface area contributed by atoms with Crippen LogP contribution in [0, 0.1) is 5.92 Å². The van der Waals surface area contributed by atoms with Gasteiger partial charge in [-0.05, 0) is 37.0 Å². The van der Waals surface area contributed by atoms with Gasteiger partial charge in [0.25, 0.3) is 5.91 Å². The van der Waals surface area contributed by atoms with Crippen molar-refractivity contribution < 1.29 is 4.79 Å². The maximum Gasteiger partial charge on any atom is 0.253 e. The molecule has 19 heavy (non-hydrogen) atoms. The van der Waals surface area contributed by atoms with E-state index in [9.17, 15) is 4.79 Å². The Morgan fingerprint density at radius 2 is 2.37 bits per heavy atom. The van der Waals surface area contributed by atoms with Crippen LogP contribution in [0.5, 0.6) is 0 Å². The van der Waals surface area contributed by atoms with E-state index in [4.69, 9.17) is 5.73 Å². The average Bonchev–Trinajstić information content (AvgIpc) is 2.76. The van der Waals surface area contributed by atoms with Crippen molar-refractivity contribution in [1.29, 1.82) is 0 Å². The summed E-state index contributed by atoms with van der Waals surface area (Å²) in [6.45, 7) is 3.93. The van der Waals surface area contributed by atoms with E-state index in [0.29, 0.717) is 11.0 Å². The third-order valence-corrected chi connectivity index (χ3v) is 4.44. The predicted molar refractivity (Wildman–Crippen MR) is 78.3 cm³/mol. The zero-order valence-electron chi connectivity index (χ0n) is 10.9. The number of hydrogen-bond acceptors (Lipinski definition) is 4. The van der Waals surface area contributed by atoms with Crippen LogP contribution in [0.25, 0.3) is 10.2 Å². The summed E-state index contributed by atoms with van der Waals surface area (Å²) in [7, 11) is 0. The predicted octanol–water partition coefficient (Wildman–Crippen LogP) is 2.75. The summed E-state index contributed by atoms with van der Waals surface area (Å²) >= 11 is 1.43. The Balaban J connectivity index is 1.88. The molecule has 1 aromatic carbocycles. The van der Waals surface area contributed by atoms with Crippen LogP contribution >= 0.6 is 11.3 Å². The van der Waals surface area contributed by atoms with E-state index in [1.807, 2.05) is 23.1 Å². The Morgan fingerprint density at radius 3 is 3.16 bits per heavy atom. The lowest BCUT2D eigenvalue weighted by atomic mass is 9.99. The molecule has 0 spiro atoms. The largest absolute Gasteiger partial charge is 0.375 e. The van der Waals surface area contributed by atoms with Crippen molar-refractivity contribution in [1.82, 2.24) is 9.88 Å². The summed E-state index contributed by atoms with van der Waals surface area (Å²) in [6, 6.07) is 5.64. The van der Waals surface area contributed by atoms with Gasteiger partial charge in [-0.25, -0.2) is 4.98 Å². The van der Waals surface area contributed by atoms with Gasteiger partial charge in [0.15, 0.2) is 5.13 Å². The molecular weight excluding hydrogens is 258 g/mol. The normalized spacial score (nSPS) is 19.8. The molecule has 1 atom stereocenters. The van der Waals surface area contributed by atoms with Crippen molar-refractivity contribution in [2.75, 3.05) is 18.8 Å². The van der Waals surface area contributed by atoms with E-state index < -0.39 is 0 Å². The highest BCUT2D eigenvalue weighted by molar-refractivity contribution is 7.22. The molecule has 0 unspecified atom stereocenters. The number of likely N-dealkylation sites (tertiary alicyclic amines) is 1. The highest BCUT2D eigenvalue weighted by Crippen LogP contribution is 2.26. The second-order valence-corrected chi connectivity index (χ2v) is 6.30. The number of nitrogens with two attached hydrogens (primary N) is 1. The Bertz CT molecular complexity index is 622. The van der Waals surface area contributed by atoms with Crippen LogP contribution in [0.15, 0.2) is 18.2 Å². The number of rotatable bonds is 1. The Labute approximate surface area is 116 Å². The van der Waals surface area contributed by atoms with Gasteiger partial charge in [-0.3, -0.25) is 4.79 Å². The van der Waals surface area contributed by atoms with Gasteiger partial charge in [0.2, 0.25) is 0 Å². The third-order valence-electron chi connectivity index (χ3n) is 3.60. The Hall–Kier alpha value is -1.62. The first-order valence-electron chi connectivity index (χ1n) is 6.59. The number of nitrogen functional groups attached to an aromatic ring is 1. The van der Waals surface area contributed by atoms with Crippen LogP contribution in [-0.2, 0) is 0 Å². The molecule has 1 aliphatic heterocycles. The van der Waals surface area contributed by atoms with Gasteiger partial charge < -0.3 is 10.6 Å². The lowest BCUT2D eigenvalue weighted by Crippen LogP contribution is -2.39. The zero-order chi connectivity index (χ0) is 13.4. The highest BCUT2D eigenvalue weighted by Gasteiger charge is 2.22. The van der Waals surface area contributed by atoms with Crippen molar-refractivity contribution >= 4 is 32.6 Å². The molecule has 2 aromatic rings. The summed E-state index contributed by atoms with van der Waals surface area (Å²) in [5, 5.41) is 0.547. The fourth-order valence-corrected chi connectivity index (χ4v) is 3.41. The first kappa shape index (κ1) is 12.4. The maximum atomic E-state index is 12.5. The molecule has 1 aliphatic rings. The van der Waals surface area contributed by atoms with E-state index in [1.54, 1.807) is 0 Å². The van der Waals surface area contributed by atoms with Gasteiger partial charge in [0, 0.05) is 18.7 Å². The number of benzene rings is 1. The molecule has 100 valence electrons. The molecule has 0 bridgehead atoms. The molecule has 1 fully saturated rings. The number of piperidine rings is 1. The first-order valence-corrected chi connectivity index (χ1v) is 7.40. The van der Waals surface area contributed by atoms with Gasteiger partial charge in [-0.15, -0.1) is 0 Å². The SMILES string of the molecule is C[C@H]1CCCN(C(=O)c2ccc3nc(N)sc3c2)C1. The number of carbonyl (C=O) groups excluding carboxylic acids is 1. The number of nitrogens with zero attached hydrogens (tertiary/aromatic N) is 2. The van der Waals surface area contributed by atoms with E-state index in [-0.39, 0.29) is 5.91 Å². The number of anilines is 1. The lowest BCUT2D eigenvalue weighted by Gasteiger charge is -2.31. The highest BCUT2D eigenvalue weighted by atomic mass is 32.1. The molecule has 2 N–H and O–H groups in total. The van der Waals surface area contributed by atoms with Gasteiger partial charge >= 0.3 is 0 Å². The van der Waals surface area contributed by atoms with Crippen LogP contribution in [0.2, 0.25) is 0 Å². The number of hydrogen-bond donors (Lipinski definition) is 1. The standard InChI is InChI=1S/C14H17N3OS/c1-9-3-2-6-17(8-9)13(18)10-4-5-11-12(7-10)19-14(15)16-11/h4-5,7,9H,2-3,6,8H2,1H3,(H2,15,16)/t9-/m0/s1. The molecule has 0 aliphatic carbocycles. The fraction of sp³-hybridized carbons (Fsp3) is 0.429. The van der Waals surface area contributed by atoms with E-state index in [0.717, 1.165) is 35.3 Å². The Kier molecular flexibility index (Phi) is 3.14. The van der Waals surface area contributed by atoms with E-state index >= 15 is 0 Å². The van der Waals surface area contributed by atoms with Gasteiger partial charge in [0.1, 0.15) is 0 Å². The van der Waals surface area contributed by atoms with Gasteiger partial charge in [-0.2, -0.15) is 0 Å². The lowest BCUT2D eigenvalue weighted by molar-refractivity contribution is 0.0683. The van der Waals surface area contributed by atoms with Crippen molar-refractivity contribution in [2.24, 2.45) is 5.92 Å². The summed E-state index contributed by atoms with van der Waals surface area (Å²) < 4.78 is 0.980. The quantitative estimate of drug-likeness (QED) is 0.870. The summed E-state index contributed by atoms with van der Waals surface area (Å²) in [5.74, 6) is 0.723. The number of fused-ring (bicyclic) bond motifs is 1. The first-order chi connectivity index (χ1) is 9.13. The smallest absolute Gasteiger partial charge is 0.253 e. The second-order valence-electron chi connectivity index (χ2n) is 5.23. The minimum absolute atomic E-state index is 0.125. The van der Waals surface area contributed by atoms with Crippen LogP contribution in [-0.4, -0.2) is 28.9 Å². The number of carbonyl (C=O) groups is 1. The maximum absolute atomic E-state index is 12.5. The van der Waals surface area contributed by atoms with Gasteiger partial charge in [-0.1, -0.05) is 18.3 Å². The molecule has 1 amide bonds. The fourth-order valence-electron chi connectivity index (χ4n) is 2.63. The number of amides is 1. The minimum atomic E-state index is 0.125. The summed E-state index contributed by atoms with van der Waals surface area (Å²) in [4.78, 5) is 18.6. The summed E-state index contributed by atoms with van der Waals surface area (Å²) in [6.07, 6.45) is 2.32. The molecule has 0 saturated carbocycles. The van der Waals surface area contributed by atoms with E-state index in [2.05, 4.69) is 11.9 Å². The molecule has 0 radical (unpaired) electrons. The molecule has 5 heteroatoms. The molecular formula is C14H17N3OS. The van der Waals surface area contributed by atoms with Crippen molar-refractivity contribution in [3.63, 3.8) is 0 Å². The third kappa shape index (κ3) is 2.42. The molecule has 1 saturated heterocycles. The number of aromatic nitrogens is 1.